The highest BCUT2D eigenvalue weighted by Crippen LogP contribution is 2.37. The lowest BCUT2D eigenvalue weighted by Crippen LogP contribution is -2.10. The summed E-state index contributed by atoms with van der Waals surface area (Å²) in [5, 5.41) is 3.48. The first kappa shape index (κ1) is 14.9. The van der Waals surface area contributed by atoms with Crippen molar-refractivity contribution in [3.05, 3.63) is 56.7 Å². The molecule has 110 valence electrons. The van der Waals surface area contributed by atoms with Crippen LogP contribution >= 0.6 is 31.9 Å². The van der Waals surface area contributed by atoms with Crippen molar-refractivity contribution in [3.63, 3.8) is 0 Å². The molecule has 1 heterocycles. The fraction of sp³-hybridized carbons (Fsp3) is 0.250. The summed E-state index contributed by atoms with van der Waals surface area (Å²) >= 11 is 6.88. The molecule has 0 radical (unpaired) electrons. The summed E-state index contributed by atoms with van der Waals surface area (Å²) < 4.78 is 20.7. The minimum absolute atomic E-state index is 0.150. The van der Waals surface area contributed by atoms with Crippen molar-refractivity contribution in [3.8, 4) is 5.75 Å². The zero-order valence-electron chi connectivity index (χ0n) is 11.2. The van der Waals surface area contributed by atoms with E-state index in [9.17, 15) is 4.39 Å². The first-order chi connectivity index (χ1) is 10.1. The molecular weight excluding hydrogens is 401 g/mol. The summed E-state index contributed by atoms with van der Waals surface area (Å²) in [6, 6.07) is 10.9. The van der Waals surface area contributed by atoms with Crippen LogP contribution in [0.4, 0.5) is 10.1 Å². The standard InChI is InChI=1S/C16H14Br2FNO/c17-10-3-5-12-14(2-1-7-21-16(12)8-10)20-15-6-4-11(19)9-13(15)18/h3-6,8-9,14,20H,1-2,7H2. The van der Waals surface area contributed by atoms with Gasteiger partial charge in [0.1, 0.15) is 11.6 Å². The maximum atomic E-state index is 13.2. The highest BCUT2D eigenvalue weighted by molar-refractivity contribution is 9.10. The lowest BCUT2D eigenvalue weighted by molar-refractivity contribution is 0.316. The van der Waals surface area contributed by atoms with Crippen LogP contribution in [0.2, 0.25) is 0 Å². The molecule has 1 aliphatic rings. The predicted molar refractivity (Wildman–Crippen MR) is 89.3 cm³/mol. The summed E-state index contributed by atoms with van der Waals surface area (Å²) in [5.41, 5.74) is 2.02. The molecule has 2 nitrogen and oxygen atoms in total. The second-order valence-electron chi connectivity index (χ2n) is 4.99. The fourth-order valence-electron chi connectivity index (χ4n) is 2.49. The minimum Gasteiger partial charge on any atom is -0.493 e. The molecule has 0 aromatic heterocycles. The largest absolute Gasteiger partial charge is 0.493 e. The second kappa shape index (κ2) is 6.36. The van der Waals surface area contributed by atoms with E-state index < -0.39 is 0 Å². The molecule has 2 aromatic carbocycles. The van der Waals surface area contributed by atoms with E-state index in [4.69, 9.17) is 4.74 Å². The fourth-order valence-corrected chi connectivity index (χ4v) is 3.30. The van der Waals surface area contributed by atoms with Gasteiger partial charge >= 0.3 is 0 Å². The van der Waals surface area contributed by atoms with Crippen molar-refractivity contribution in [1.82, 2.24) is 0 Å². The molecule has 1 unspecified atom stereocenters. The molecule has 0 spiro atoms. The molecule has 0 bridgehead atoms. The monoisotopic (exact) mass is 413 g/mol. The van der Waals surface area contributed by atoms with Crippen molar-refractivity contribution in [2.24, 2.45) is 0 Å². The number of benzene rings is 2. The topological polar surface area (TPSA) is 21.3 Å². The van der Waals surface area contributed by atoms with E-state index in [1.54, 1.807) is 6.07 Å². The van der Waals surface area contributed by atoms with E-state index in [-0.39, 0.29) is 11.9 Å². The van der Waals surface area contributed by atoms with Crippen LogP contribution in [0, 0.1) is 5.82 Å². The average Bonchev–Trinajstić information content (AvgIpc) is 2.64. The molecule has 1 atom stereocenters. The number of rotatable bonds is 2. The van der Waals surface area contributed by atoms with Crippen LogP contribution in [0.25, 0.3) is 0 Å². The Hall–Kier alpha value is -1.07. The average molecular weight is 415 g/mol. The predicted octanol–water partition coefficient (Wildman–Crippen LogP) is 5.68. The van der Waals surface area contributed by atoms with Gasteiger partial charge in [0.05, 0.1) is 12.6 Å². The minimum atomic E-state index is -0.249. The quantitative estimate of drug-likeness (QED) is 0.682. The highest BCUT2D eigenvalue weighted by Gasteiger charge is 2.20. The zero-order chi connectivity index (χ0) is 14.8. The van der Waals surface area contributed by atoms with Crippen molar-refractivity contribution < 1.29 is 9.13 Å². The van der Waals surface area contributed by atoms with Gasteiger partial charge < -0.3 is 10.1 Å². The van der Waals surface area contributed by atoms with Crippen molar-refractivity contribution in [2.75, 3.05) is 11.9 Å². The van der Waals surface area contributed by atoms with E-state index >= 15 is 0 Å². The van der Waals surface area contributed by atoms with E-state index in [2.05, 4.69) is 43.2 Å². The van der Waals surface area contributed by atoms with Crippen molar-refractivity contribution in [2.45, 2.75) is 18.9 Å². The summed E-state index contributed by atoms with van der Waals surface area (Å²) in [5.74, 6) is 0.651. The van der Waals surface area contributed by atoms with E-state index in [0.717, 1.165) is 38.8 Å². The molecule has 1 aliphatic heterocycles. The van der Waals surface area contributed by atoms with Gasteiger partial charge in [-0.1, -0.05) is 22.0 Å². The van der Waals surface area contributed by atoms with Gasteiger partial charge in [0, 0.05) is 20.2 Å². The van der Waals surface area contributed by atoms with Gasteiger partial charge in [-0.3, -0.25) is 0 Å². The summed E-state index contributed by atoms with van der Waals surface area (Å²) in [7, 11) is 0. The molecule has 0 aliphatic carbocycles. The van der Waals surface area contributed by atoms with Crippen LogP contribution in [-0.2, 0) is 0 Å². The SMILES string of the molecule is Fc1ccc(NC2CCCOc3cc(Br)ccc32)c(Br)c1. The third-order valence-electron chi connectivity index (χ3n) is 3.51. The van der Waals surface area contributed by atoms with Gasteiger partial charge in [-0.05, 0) is 59.1 Å². The smallest absolute Gasteiger partial charge is 0.125 e. The first-order valence-corrected chi connectivity index (χ1v) is 8.36. The number of halogens is 3. The number of hydrogen-bond donors (Lipinski definition) is 1. The van der Waals surface area contributed by atoms with Gasteiger partial charge in [0.2, 0.25) is 0 Å². The lowest BCUT2D eigenvalue weighted by atomic mass is 10.0. The maximum Gasteiger partial charge on any atom is 0.125 e. The maximum absolute atomic E-state index is 13.2. The number of nitrogens with one attached hydrogen (secondary N) is 1. The Morgan fingerprint density at radius 3 is 2.81 bits per heavy atom. The van der Waals surface area contributed by atoms with Gasteiger partial charge in [0.25, 0.3) is 0 Å². The Bertz CT molecular complexity index is 663. The third-order valence-corrected chi connectivity index (χ3v) is 4.66. The molecule has 2 aromatic rings. The Morgan fingerprint density at radius 2 is 2.00 bits per heavy atom. The molecule has 21 heavy (non-hydrogen) atoms. The normalized spacial score (nSPS) is 17.6. The van der Waals surface area contributed by atoms with Gasteiger partial charge in [-0.2, -0.15) is 0 Å². The molecule has 3 rings (SSSR count). The summed E-state index contributed by atoms with van der Waals surface area (Å²) in [6.07, 6.45) is 1.95. The lowest BCUT2D eigenvalue weighted by Gasteiger charge is -2.20. The molecule has 0 amide bonds. The van der Waals surface area contributed by atoms with Gasteiger partial charge in [-0.25, -0.2) is 4.39 Å². The van der Waals surface area contributed by atoms with E-state index in [1.807, 2.05) is 12.1 Å². The van der Waals surface area contributed by atoms with E-state index in [1.165, 1.54) is 12.1 Å². The Morgan fingerprint density at radius 1 is 1.14 bits per heavy atom. The Labute approximate surface area is 140 Å². The molecule has 0 fully saturated rings. The molecule has 0 saturated heterocycles. The molecule has 5 heteroatoms. The van der Waals surface area contributed by atoms with Crippen LogP contribution in [0.5, 0.6) is 5.75 Å². The second-order valence-corrected chi connectivity index (χ2v) is 6.76. The van der Waals surface area contributed by atoms with E-state index in [0.29, 0.717) is 6.61 Å². The third kappa shape index (κ3) is 3.40. The van der Waals surface area contributed by atoms with Crippen LogP contribution in [0.3, 0.4) is 0 Å². The Balaban J connectivity index is 1.92. The summed E-state index contributed by atoms with van der Waals surface area (Å²) in [4.78, 5) is 0. The van der Waals surface area contributed by atoms with Crippen molar-refractivity contribution in [1.29, 1.82) is 0 Å². The number of ether oxygens (including phenoxy) is 1. The van der Waals surface area contributed by atoms with Crippen LogP contribution in [-0.4, -0.2) is 6.61 Å². The number of fused-ring (bicyclic) bond motifs is 1. The van der Waals surface area contributed by atoms with Crippen LogP contribution in [0.1, 0.15) is 24.4 Å². The molecule has 1 N–H and O–H groups in total. The number of anilines is 1. The Kier molecular flexibility index (Phi) is 4.50. The summed E-state index contributed by atoms with van der Waals surface area (Å²) in [6.45, 7) is 0.715. The number of hydrogen-bond acceptors (Lipinski definition) is 2. The van der Waals surface area contributed by atoms with Crippen LogP contribution in [0.15, 0.2) is 45.3 Å². The van der Waals surface area contributed by atoms with Crippen LogP contribution < -0.4 is 10.1 Å². The molecule has 0 saturated carbocycles. The van der Waals surface area contributed by atoms with Gasteiger partial charge in [0.15, 0.2) is 0 Å². The molecular formula is C16H14Br2FNO. The van der Waals surface area contributed by atoms with Crippen molar-refractivity contribution >= 4 is 37.5 Å². The first-order valence-electron chi connectivity index (χ1n) is 6.77. The van der Waals surface area contributed by atoms with Gasteiger partial charge in [-0.15, -0.1) is 0 Å². The highest BCUT2D eigenvalue weighted by atomic mass is 79.9. The zero-order valence-corrected chi connectivity index (χ0v) is 14.4.